The number of rotatable bonds is 3. The number of alkyl halides is 1. The minimum atomic E-state index is -3.63. The van der Waals surface area contributed by atoms with Gasteiger partial charge < -0.3 is 0 Å². The molecule has 21 heavy (non-hydrogen) atoms. The molecule has 2 unspecified atom stereocenters. The molecule has 118 valence electrons. The summed E-state index contributed by atoms with van der Waals surface area (Å²) in [4.78, 5) is 0.0885. The van der Waals surface area contributed by atoms with Crippen LogP contribution in [0.4, 0.5) is 0 Å². The van der Waals surface area contributed by atoms with Crippen LogP contribution in [0.25, 0.3) is 0 Å². The maximum Gasteiger partial charge on any atom is 0.244 e. The van der Waals surface area contributed by atoms with E-state index in [9.17, 15) is 8.42 Å². The van der Waals surface area contributed by atoms with Gasteiger partial charge in [-0.15, -0.1) is 11.6 Å². The van der Waals surface area contributed by atoms with Gasteiger partial charge >= 0.3 is 0 Å². The van der Waals surface area contributed by atoms with Crippen LogP contribution in [0.15, 0.2) is 17.0 Å². The smallest absolute Gasteiger partial charge is 0.207 e. The second kappa shape index (κ2) is 6.63. The average molecular weight is 371 g/mol. The van der Waals surface area contributed by atoms with Crippen molar-refractivity contribution in [3.05, 3.63) is 27.7 Å². The van der Waals surface area contributed by atoms with Crippen LogP contribution in [0.3, 0.4) is 0 Å². The Morgan fingerprint density at radius 2 is 1.95 bits per heavy atom. The van der Waals surface area contributed by atoms with E-state index < -0.39 is 10.0 Å². The van der Waals surface area contributed by atoms with Gasteiger partial charge in [0.25, 0.3) is 0 Å². The first-order chi connectivity index (χ1) is 9.78. The van der Waals surface area contributed by atoms with Gasteiger partial charge in [0.2, 0.25) is 10.0 Å². The molecule has 1 aliphatic rings. The van der Waals surface area contributed by atoms with Gasteiger partial charge in [-0.1, -0.05) is 30.1 Å². The molecule has 1 aliphatic heterocycles. The Morgan fingerprint density at radius 3 is 2.52 bits per heavy atom. The molecule has 0 spiro atoms. The van der Waals surface area contributed by atoms with Crippen LogP contribution in [0.1, 0.15) is 32.3 Å². The van der Waals surface area contributed by atoms with Crippen molar-refractivity contribution in [1.82, 2.24) is 4.31 Å². The van der Waals surface area contributed by atoms with E-state index in [4.69, 9.17) is 34.8 Å². The average Bonchev–Trinajstić information content (AvgIpc) is 2.38. The van der Waals surface area contributed by atoms with E-state index in [0.717, 1.165) is 12.8 Å². The van der Waals surface area contributed by atoms with Crippen molar-refractivity contribution < 1.29 is 8.42 Å². The van der Waals surface area contributed by atoms with Crippen LogP contribution in [0, 0.1) is 5.92 Å². The molecule has 2 rings (SSSR count). The second-order valence-electron chi connectivity index (χ2n) is 5.57. The fourth-order valence-corrected chi connectivity index (χ4v) is 5.73. The Bertz CT molecular complexity index is 633. The summed E-state index contributed by atoms with van der Waals surface area (Å²) in [6.07, 6.45) is 1.71. The molecule has 2 atom stereocenters. The summed E-state index contributed by atoms with van der Waals surface area (Å²) >= 11 is 18.0. The summed E-state index contributed by atoms with van der Waals surface area (Å²) in [7, 11) is -3.63. The normalized spacial score (nSPS) is 24.2. The molecule has 0 N–H and O–H groups in total. The van der Waals surface area contributed by atoms with Crippen LogP contribution in [-0.4, -0.2) is 25.3 Å². The molecular weight excluding hydrogens is 353 g/mol. The highest BCUT2D eigenvalue weighted by Crippen LogP contribution is 2.36. The predicted molar refractivity (Wildman–Crippen MR) is 87.8 cm³/mol. The Kier molecular flexibility index (Phi) is 5.48. The molecule has 1 aromatic rings. The summed E-state index contributed by atoms with van der Waals surface area (Å²) in [5.41, 5.74) is 0.458. The van der Waals surface area contributed by atoms with E-state index in [1.54, 1.807) is 0 Å². The number of hydrogen-bond acceptors (Lipinski definition) is 2. The van der Waals surface area contributed by atoms with Crippen molar-refractivity contribution in [1.29, 1.82) is 0 Å². The molecule has 1 heterocycles. The number of benzene rings is 1. The third-order valence-corrected chi connectivity index (χ3v) is 7.17. The van der Waals surface area contributed by atoms with E-state index in [1.807, 2.05) is 6.92 Å². The van der Waals surface area contributed by atoms with Crippen molar-refractivity contribution in [3.63, 3.8) is 0 Å². The lowest BCUT2D eigenvalue weighted by molar-refractivity contribution is 0.220. The Hall–Kier alpha value is -0.000000000000000167. The molecule has 0 aliphatic carbocycles. The van der Waals surface area contributed by atoms with Crippen LogP contribution in [0.2, 0.25) is 10.0 Å². The van der Waals surface area contributed by atoms with E-state index in [0.29, 0.717) is 23.0 Å². The largest absolute Gasteiger partial charge is 0.244 e. The Labute approximate surface area is 141 Å². The van der Waals surface area contributed by atoms with Crippen LogP contribution in [0.5, 0.6) is 0 Å². The summed E-state index contributed by atoms with van der Waals surface area (Å²) in [6, 6.07) is 2.96. The van der Waals surface area contributed by atoms with Crippen molar-refractivity contribution in [2.45, 2.75) is 43.5 Å². The summed E-state index contributed by atoms with van der Waals surface area (Å²) in [6.45, 7) is 4.58. The maximum atomic E-state index is 12.9. The van der Waals surface area contributed by atoms with Crippen LogP contribution in [-0.2, 0) is 15.9 Å². The molecule has 1 aromatic carbocycles. The quantitative estimate of drug-likeness (QED) is 0.732. The number of halogens is 3. The number of sulfonamides is 1. The summed E-state index contributed by atoms with van der Waals surface area (Å²) in [5, 5.41) is 0.512. The molecule has 0 saturated carbocycles. The summed E-state index contributed by atoms with van der Waals surface area (Å²) in [5.74, 6) is 0.610. The van der Waals surface area contributed by atoms with Crippen molar-refractivity contribution in [2.75, 3.05) is 6.54 Å². The number of hydrogen-bond donors (Lipinski definition) is 0. The first-order valence-electron chi connectivity index (χ1n) is 6.83. The maximum absolute atomic E-state index is 12.9. The van der Waals surface area contributed by atoms with E-state index in [2.05, 4.69) is 6.92 Å². The number of piperidine rings is 1. The lowest BCUT2D eigenvalue weighted by atomic mass is 9.95. The third kappa shape index (κ3) is 3.35. The van der Waals surface area contributed by atoms with Crippen molar-refractivity contribution in [2.24, 2.45) is 5.92 Å². The molecule has 0 bridgehead atoms. The first-order valence-corrected chi connectivity index (χ1v) is 9.56. The highest BCUT2D eigenvalue weighted by Gasteiger charge is 2.35. The fraction of sp³-hybridized carbons (Fsp3) is 0.571. The zero-order valence-electron chi connectivity index (χ0n) is 11.9. The van der Waals surface area contributed by atoms with Gasteiger partial charge in [-0.25, -0.2) is 8.42 Å². The fourth-order valence-electron chi connectivity index (χ4n) is 2.77. The van der Waals surface area contributed by atoms with Gasteiger partial charge in [0.05, 0.1) is 10.9 Å². The third-order valence-electron chi connectivity index (χ3n) is 3.95. The zero-order chi connectivity index (χ0) is 15.8. The van der Waals surface area contributed by atoms with Crippen molar-refractivity contribution >= 4 is 44.8 Å². The molecular formula is C14H18Cl3NO2S. The van der Waals surface area contributed by atoms with Crippen molar-refractivity contribution in [3.8, 4) is 0 Å². The standard InChI is InChI=1S/C14H18Cl3NO2S/c1-9-5-6-18(10(2)7-9)21(19,20)13-4-3-12(16)11(8-15)14(13)17/h3-4,9-10H,5-8H2,1-2H3. The van der Waals surface area contributed by atoms with Gasteiger partial charge in [-0.05, 0) is 37.8 Å². The number of nitrogens with zero attached hydrogens (tertiary/aromatic N) is 1. The zero-order valence-corrected chi connectivity index (χ0v) is 15.0. The van der Waals surface area contributed by atoms with Gasteiger partial charge in [-0.2, -0.15) is 4.31 Å². The second-order valence-corrected chi connectivity index (χ2v) is 8.48. The molecule has 0 amide bonds. The molecule has 1 fully saturated rings. The Morgan fingerprint density at radius 1 is 1.29 bits per heavy atom. The van der Waals surface area contributed by atoms with Gasteiger partial charge in [0, 0.05) is 23.2 Å². The SMILES string of the molecule is CC1CCN(S(=O)(=O)c2ccc(Cl)c(CCl)c2Cl)C(C)C1. The summed E-state index contributed by atoms with van der Waals surface area (Å²) < 4.78 is 27.2. The molecule has 7 heteroatoms. The van der Waals surface area contributed by atoms with E-state index in [-0.39, 0.29) is 21.8 Å². The highest BCUT2D eigenvalue weighted by atomic mass is 35.5. The highest BCUT2D eigenvalue weighted by molar-refractivity contribution is 7.89. The molecule has 0 radical (unpaired) electrons. The van der Waals surface area contributed by atoms with E-state index >= 15 is 0 Å². The predicted octanol–water partition coefficient (Wildman–Crippen LogP) is 4.54. The van der Waals surface area contributed by atoms with Gasteiger partial charge in [0.15, 0.2) is 0 Å². The Balaban J connectivity index is 2.45. The monoisotopic (exact) mass is 369 g/mol. The lowest BCUT2D eigenvalue weighted by Gasteiger charge is -2.35. The minimum Gasteiger partial charge on any atom is -0.207 e. The molecule has 3 nitrogen and oxygen atoms in total. The molecule has 0 aromatic heterocycles. The van der Waals surface area contributed by atoms with Gasteiger partial charge in [-0.3, -0.25) is 0 Å². The van der Waals surface area contributed by atoms with Crippen LogP contribution >= 0.6 is 34.8 Å². The first kappa shape index (κ1) is 17.4. The minimum absolute atomic E-state index is 0.0371. The van der Waals surface area contributed by atoms with E-state index in [1.165, 1.54) is 16.4 Å². The van der Waals surface area contributed by atoms with Gasteiger partial charge in [0.1, 0.15) is 4.90 Å². The topological polar surface area (TPSA) is 37.4 Å². The lowest BCUT2D eigenvalue weighted by Crippen LogP contribution is -2.44. The van der Waals surface area contributed by atoms with Crippen LogP contribution < -0.4 is 0 Å². The molecule has 1 saturated heterocycles.